The molecule has 1 aromatic rings. The fourth-order valence-corrected chi connectivity index (χ4v) is 3.30. The maximum Gasteiger partial charge on any atom is 0.314 e. The topological polar surface area (TPSA) is 47.6 Å². The zero-order chi connectivity index (χ0) is 8.27. The van der Waals surface area contributed by atoms with Crippen molar-refractivity contribution in [1.29, 1.82) is 10.5 Å². The smallest absolute Gasteiger partial charge is 0.189 e. The van der Waals surface area contributed by atoms with Crippen molar-refractivity contribution in [3.05, 3.63) is 9.75 Å². The van der Waals surface area contributed by atoms with E-state index in [2.05, 4.69) is 0 Å². The molecule has 0 fully saturated rings. The number of rotatable bonds is 1. The molecule has 0 bridgehead atoms. The van der Waals surface area contributed by atoms with Crippen molar-refractivity contribution in [2.75, 3.05) is 6.26 Å². The Morgan fingerprint density at radius 1 is 1.45 bits per heavy atom. The molecule has 1 rings (SSSR count). The maximum absolute atomic E-state index is 8.57. The fourth-order valence-electron chi connectivity index (χ4n) is 0.511. The van der Waals surface area contributed by atoms with Gasteiger partial charge in [-0.05, 0) is 6.26 Å². The Labute approximate surface area is 76.7 Å². The van der Waals surface area contributed by atoms with Crippen LogP contribution in [-0.2, 0) is 0 Å². The Hall–Kier alpha value is -0.620. The molecule has 0 aliphatic carbocycles. The van der Waals surface area contributed by atoms with Gasteiger partial charge >= 0.3 is 3.52 Å². The molecule has 1 heterocycles. The summed E-state index contributed by atoms with van der Waals surface area (Å²) in [6.45, 7) is 0. The van der Waals surface area contributed by atoms with E-state index in [-0.39, 0.29) is 0 Å². The first-order valence-electron chi connectivity index (χ1n) is 2.63. The van der Waals surface area contributed by atoms with Crippen LogP contribution in [0.15, 0.2) is 3.52 Å². The standard InChI is InChI=1S/C6H3N2S3/c1-9-6-10-4(2-7)5(3-8)11-6/h1H3/q+1. The highest BCUT2D eigenvalue weighted by molar-refractivity contribution is 8.02. The minimum absolute atomic E-state index is 0.529. The molecular formula is C6H3N2S3+. The van der Waals surface area contributed by atoms with Crippen LogP contribution in [0.3, 0.4) is 0 Å². The van der Waals surface area contributed by atoms with Crippen LogP contribution in [0, 0.1) is 22.7 Å². The molecular weight excluding hydrogens is 196 g/mol. The van der Waals surface area contributed by atoms with E-state index in [1.807, 2.05) is 18.4 Å². The molecule has 0 aromatic carbocycles. The van der Waals surface area contributed by atoms with Crippen LogP contribution in [-0.4, -0.2) is 6.26 Å². The molecule has 0 N–H and O–H groups in total. The average Bonchev–Trinajstić information content (AvgIpc) is 2.46. The van der Waals surface area contributed by atoms with Gasteiger partial charge in [0.2, 0.25) is 0 Å². The second kappa shape index (κ2) is 3.68. The summed E-state index contributed by atoms with van der Waals surface area (Å²) in [5, 5.41) is 17.1. The zero-order valence-electron chi connectivity index (χ0n) is 5.62. The van der Waals surface area contributed by atoms with E-state index >= 15 is 0 Å². The highest BCUT2D eigenvalue weighted by atomic mass is 32.2. The minimum Gasteiger partial charge on any atom is -0.189 e. The Balaban J connectivity index is 3.18. The van der Waals surface area contributed by atoms with Gasteiger partial charge < -0.3 is 0 Å². The Morgan fingerprint density at radius 2 is 2.18 bits per heavy atom. The van der Waals surface area contributed by atoms with Crippen LogP contribution in [0.2, 0.25) is 0 Å². The number of nitriles is 2. The van der Waals surface area contributed by atoms with Gasteiger partial charge in [0.15, 0.2) is 0 Å². The molecule has 0 unspecified atom stereocenters. The van der Waals surface area contributed by atoms with Gasteiger partial charge in [0, 0.05) is 0 Å². The summed E-state index contributed by atoms with van der Waals surface area (Å²) in [7, 11) is 0. The van der Waals surface area contributed by atoms with Crippen LogP contribution in [0.4, 0.5) is 0 Å². The average molecular weight is 199 g/mol. The predicted octanol–water partition coefficient (Wildman–Crippen LogP) is 2.56. The number of nitrogens with zero attached hydrogens (tertiary/aromatic N) is 2. The van der Waals surface area contributed by atoms with E-state index < -0.39 is 0 Å². The Kier molecular flexibility index (Phi) is 2.84. The largest absolute Gasteiger partial charge is 0.314 e. The maximum atomic E-state index is 8.57. The van der Waals surface area contributed by atoms with Crippen molar-refractivity contribution in [2.45, 2.75) is 3.52 Å². The summed E-state index contributed by atoms with van der Waals surface area (Å²) in [5.41, 5.74) is 0. The monoisotopic (exact) mass is 199 g/mol. The van der Waals surface area contributed by atoms with E-state index in [0.29, 0.717) is 9.75 Å². The summed E-state index contributed by atoms with van der Waals surface area (Å²) >= 11 is 4.33. The van der Waals surface area contributed by atoms with E-state index in [0.717, 1.165) is 3.52 Å². The van der Waals surface area contributed by atoms with Gasteiger partial charge in [-0.3, -0.25) is 0 Å². The Bertz CT molecular complexity index is 310. The molecule has 11 heavy (non-hydrogen) atoms. The van der Waals surface area contributed by atoms with Gasteiger partial charge in [-0.15, -0.1) is 0 Å². The summed E-state index contributed by atoms with van der Waals surface area (Å²) in [5.74, 6) is 0. The molecule has 0 saturated carbocycles. The van der Waals surface area contributed by atoms with Gasteiger partial charge in [0.1, 0.15) is 34.8 Å². The first-order valence-corrected chi connectivity index (χ1v) is 5.48. The van der Waals surface area contributed by atoms with Crippen LogP contribution < -0.4 is 0 Å². The lowest BCUT2D eigenvalue weighted by molar-refractivity contribution is 1.50. The highest BCUT2D eigenvalue weighted by Crippen LogP contribution is 2.33. The molecule has 1 aromatic heterocycles. The van der Waals surface area contributed by atoms with Crippen LogP contribution >= 0.6 is 34.4 Å². The first kappa shape index (κ1) is 8.48. The number of hydrogen-bond acceptors (Lipinski definition) is 4. The van der Waals surface area contributed by atoms with Crippen molar-refractivity contribution in [3.63, 3.8) is 0 Å². The van der Waals surface area contributed by atoms with E-state index in [1.165, 1.54) is 22.7 Å². The van der Waals surface area contributed by atoms with Crippen molar-refractivity contribution < 1.29 is 0 Å². The summed E-state index contributed by atoms with van der Waals surface area (Å²) in [6, 6.07) is 3.99. The van der Waals surface area contributed by atoms with Gasteiger partial charge in [0.25, 0.3) is 9.75 Å². The third-order valence-corrected chi connectivity index (χ3v) is 4.74. The zero-order valence-corrected chi connectivity index (χ0v) is 8.07. The minimum atomic E-state index is 0.529. The quantitative estimate of drug-likeness (QED) is 0.516. The van der Waals surface area contributed by atoms with Crippen molar-refractivity contribution in [3.8, 4) is 12.1 Å². The molecule has 54 valence electrons. The van der Waals surface area contributed by atoms with Gasteiger partial charge in [-0.25, -0.2) is 0 Å². The third kappa shape index (κ3) is 1.69. The van der Waals surface area contributed by atoms with Crippen molar-refractivity contribution in [1.82, 2.24) is 0 Å². The normalized spacial score (nSPS) is 8.64. The van der Waals surface area contributed by atoms with Crippen LogP contribution in [0.5, 0.6) is 0 Å². The second-order valence-corrected chi connectivity index (χ2v) is 5.17. The fraction of sp³-hybridized carbons (Fsp3) is 0.167. The second-order valence-electron chi connectivity index (χ2n) is 1.54. The van der Waals surface area contributed by atoms with Crippen LogP contribution in [0.25, 0.3) is 0 Å². The molecule has 0 radical (unpaired) electrons. The van der Waals surface area contributed by atoms with E-state index in [4.69, 9.17) is 10.5 Å². The molecule has 0 spiro atoms. The molecule has 0 amide bonds. The van der Waals surface area contributed by atoms with E-state index in [9.17, 15) is 0 Å². The molecule has 0 aliphatic rings. The van der Waals surface area contributed by atoms with Crippen LogP contribution in [0.1, 0.15) is 9.75 Å². The summed E-state index contributed by atoms with van der Waals surface area (Å²) < 4.78 is 1.05. The number of hydrogen-bond donors (Lipinski definition) is 0. The molecule has 2 nitrogen and oxygen atoms in total. The van der Waals surface area contributed by atoms with Crippen molar-refractivity contribution >= 4 is 34.4 Å². The lowest BCUT2D eigenvalue weighted by Gasteiger charge is -1.64. The first-order chi connectivity index (χ1) is 5.31. The molecule has 0 aliphatic heterocycles. The van der Waals surface area contributed by atoms with E-state index in [1.54, 1.807) is 11.8 Å². The molecule has 5 heteroatoms. The SMILES string of the molecule is CSc1sc(C#N)c(C#N)[s+]1. The van der Waals surface area contributed by atoms with Crippen molar-refractivity contribution in [2.24, 2.45) is 0 Å². The lowest BCUT2D eigenvalue weighted by atomic mass is 10.5. The van der Waals surface area contributed by atoms with Gasteiger partial charge in [0.05, 0.1) is 0 Å². The Morgan fingerprint density at radius 3 is 2.55 bits per heavy atom. The molecule has 0 atom stereocenters. The summed E-state index contributed by atoms with van der Waals surface area (Å²) in [6.07, 6.45) is 1.94. The van der Waals surface area contributed by atoms with Gasteiger partial charge in [-0.1, -0.05) is 11.8 Å². The molecule has 0 saturated heterocycles. The highest BCUT2D eigenvalue weighted by Gasteiger charge is 2.21. The van der Waals surface area contributed by atoms with Gasteiger partial charge in [-0.2, -0.15) is 10.5 Å². The lowest BCUT2D eigenvalue weighted by Crippen LogP contribution is -1.66. The summed E-state index contributed by atoms with van der Waals surface area (Å²) in [4.78, 5) is 1.06. The number of thioether (sulfide) groups is 1. The third-order valence-electron chi connectivity index (χ3n) is 0.947. The predicted molar refractivity (Wildman–Crippen MR) is 47.8 cm³/mol.